The number of hydrogen-bond acceptors (Lipinski definition) is 7. The monoisotopic (exact) mass is 398 g/mol. The van der Waals surface area contributed by atoms with Crippen LogP contribution in [0.25, 0.3) is 0 Å². The van der Waals surface area contributed by atoms with Crippen molar-refractivity contribution >= 4 is 27.5 Å². The van der Waals surface area contributed by atoms with Crippen molar-refractivity contribution in [1.29, 1.82) is 0 Å². The molecule has 0 aliphatic rings. The standard InChI is InChI=1S/C16H22N4O4S2/c1-12-4-6-13(7-5-12)26(22,23)11-14-18-19-16(20(14)2)25-10-15(21)17-8-9-24-3/h4-7H,8-11H2,1-3H3,(H,17,21). The molecule has 0 saturated heterocycles. The molecule has 142 valence electrons. The zero-order valence-corrected chi connectivity index (χ0v) is 16.6. The number of methoxy groups -OCH3 is 1. The van der Waals surface area contributed by atoms with Gasteiger partial charge in [0, 0.05) is 20.7 Å². The van der Waals surface area contributed by atoms with Crippen LogP contribution in [0.2, 0.25) is 0 Å². The molecule has 0 fully saturated rings. The van der Waals surface area contributed by atoms with Crippen LogP contribution in [-0.2, 0) is 32.2 Å². The molecule has 0 unspecified atom stereocenters. The maximum absolute atomic E-state index is 12.5. The average molecular weight is 399 g/mol. The van der Waals surface area contributed by atoms with Crippen LogP contribution in [0, 0.1) is 6.92 Å². The normalized spacial score (nSPS) is 11.5. The van der Waals surface area contributed by atoms with Crippen molar-refractivity contribution in [2.24, 2.45) is 7.05 Å². The van der Waals surface area contributed by atoms with E-state index >= 15 is 0 Å². The summed E-state index contributed by atoms with van der Waals surface area (Å²) in [6.45, 7) is 2.78. The molecule has 1 aromatic carbocycles. The lowest BCUT2D eigenvalue weighted by atomic mass is 10.2. The largest absolute Gasteiger partial charge is 0.383 e. The summed E-state index contributed by atoms with van der Waals surface area (Å²) in [4.78, 5) is 12.0. The lowest BCUT2D eigenvalue weighted by molar-refractivity contribution is -0.118. The van der Waals surface area contributed by atoms with Gasteiger partial charge in [0.2, 0.25) is 5.91 Å². The van der Waals surface area contributed by atoms with Gasteiger partial charge in [-0.1, -0.05) is 29.5 Å². The van der Waals surface area contributed by atoms with Gasteiger partial charge in [-0.05, 0) is 19.1 Å². The van der Waals surface area contributed by atoms with E-state index in [1.807, 2.05) is 6.92 Å². The molecule has 0 atom stereocenters. The lowest BCUT2D eigenvalue weighted by Gasteiger charge is -2.06. The molecule has 1 N–H and O–H groups in total. The van der Waals surface area contributed by atoms with E-state index in [1.165, 1.54) is 11.8 Å². The van der Waals surface area contributed by atoms with Crippen LogP contribution < -0.4 is 5.32 Å². The third-order valence-electron chi connectivity index (χ3n) is 3.59. The fourth-order valence-corrected chi connectivity index (χ4v) is 4.14. The van der Waals surface area contributed by atoms with Crippen molar-refractivity contribution in [1.82, 2.24) is 20.1 Å². The minimum Gasteiger partial charge on any atom is -0.383 e. The fraction of sp³-hybridized carbons (Fsp3) is 0.438. The number of nitrogens with zero attached hydrogens (tertiary/aromatic N) is 3. The summed E-state index contributed by atoms with van der Waals surface area (Å²) in [6.07, 6.45) is 0. The van der Waals surface area contributed by atoms with E-state index in [1.54, 1.807) is 43.0 Å². The van der Waals surface area contributed by atoms with Gasteiger partial charge in [-0.25, -0.2) is 8.42 Å². The summed E-state index contributed by atoms with van der Waals surface area (Å²) in [5.41, 5.74) is 0.991. The maximum Gasteiger partial charge on any atom is 0.230 e. The van der Waals surface area contributed by atoms with Crippen LogP contribution in [0.4, 0.5) is 0 Å². The highest BCUT2D eigenvalue weighted by atomic mass is 32.2. The Morgan fingerprint density at radius 2 is 1.96 bits per heavy atom. The molecule has 0 spiro atoms. The van der Waals surface area contributed by atoms with E-state index in [2.05, 4.69) is 15.5 Å². The van der Waals surface area contributed by atoms with Gasteiger partial charge < -0.3 is 14.6 Å². The number of rotatable bonds is 9. The number of amides is 1. The smallest absolute Gasteiger partial charge is 0.230 e. The molecule has 1 heterocycles. The van der Waals surface area contributed by atoms with E-state index in [0.717, 1.165) is 5.56 Å². The lowest BCUT2D eigenvalue weighted by Crippen LogP contribution is -2.28. The van der Waals surface area contributed by atoms with Crippen LogP contribution in [0.5, 0.6) is 0 Å². The highest BCUT2D eigenvalue weighted by molar-refractivity contribution is 7.99. The first kappa shape index (κ1) is 20.4. The van der Waals surface area contributed by atoms with E-state index < -0.39 is 9.84 Å². The highest BCUT2D eigenvalue weighted by Gasteiger charge is 2.20. The summed E-state index contributed by atoms with van der Waals surface area (Å²) in [7, 11) is -0.263. The molecule has 2 aromatic rings. The second-order valence-corrected chi connectivity index (χ2v) is 8.59. The Hall–Kier alpha value is -1.91. The van der Waals surface area contributed by atoms with Gasteiger partial charge in [0.15, 0.2) is 15.0 Å². The molecule has 8 nitrogen and oxygen atoms in total. The van der Waals surface area contributed by atoms with E-state index in [4.69, 9.17) is 4.74 Å². The predicted octanol–water partition coefficient (Wildman–Crippen LogP) is 0.952. The van der Waals surface area contributed by atoms with E-state index in [9.17, 15) is 13.2 Å². The third kappa shape index (κ3) is 5.55. The Morgan fingerprint density at radius 3 is 2.62 bits per heavy atom. The van der Waals surface area contributed by atoms with Crippen molar-refractivity contribution in [2.75, 3.05) is 26.0 Å². The molecule has 0 radical (unpaired) electrons. The number of sulfone groups is 1. The van der Waals surface area contributed by atoms with Crippen molar-refractivity contribution in [3.8, 4) is 0 Å². The SMILES string of the molecule is COCCNC(=O)CSc1nnc(CS(=O)(=O)c2ccc(C)cc2)n1C. The number of nitrogens with one attached hydrogen (secondary N) is 1. The number of hydrogen-bond donors (Lipinski definition) is 1. The summed E-state index contributed by atoms with van der Waals surface area (Å²) < 4.78 is 31.5. The number of aromatic nitrogens is 3. The molecule has 26 heavy (non-hydrogen) atoms. The van der Waals surface area contributed by atoms with Crippen LogP contribution >= 0.6 is 11.8 Å². The number of carbonyl (C=O) groups is 1. The predicted molar refractivity (Wildman–Crippen MR) is 98.7 cm³/mol. The van der Waals surface area contributed by atoms with Gasteiger partial charge in [-0.15, -0.1) is 10.2 Å². The van der Waals surface area contributed by atoms with E-state index in [0.29, 0.717) is 24.1 Å². The average Bonchev–Trinajstić information content (AvgIpc) is 2.93. The zero-order valence-electron chi connectivity index (χ0n) is 14.9. The van der Waals surface area contributed by atoms with Crippen molar-refractivity contribution in [2.45, 2.75) is 22.7 Å². The number of ether oxygens (including phenoxy) is 1. The summed E-state index contributed by atoms with van der Waals surface area (Å²) >= 11 is 1.20. The Labute approximate surface area is 157 Å². The molecule has 1 amide bonds. The van der Waals surface area contributed by atoms with Crippen molar-refractivity contribution in [3.63, 3.8) is 0 Å². The highest BCUT2D eigenvalue weighted by Crippen LogP contribution is 2.20. The first-order valence-corrected chi connectivity index (χ1v) is 10.5. The Kier molecular flexibility index (Phi) is 7.18. The van der Waals surface area contributed by atoms with Crippen molar-refractivity contribution in [3.05, 3.63) is 35.7 Å². The van der Waals surface area contributed by atoms with Crippen molar-refractivity contribution < 1.29 is 17.9 Å². The molecule has 0 aliphatic heterocycles. The molecule has 0 bridgehead atoms. The van der Waals surface area contributed by atoms with Gasteiger partial charge in [0.1, 0.15) is 11.6 Å². The van der Waals surface area contributed by atoms with Crippen LogP contribution in [0.1, 0.15) is 11.4 Å². The number of thioether (sulfide) groups is 1. The molecule has 0 saturated carbocycles. The maximum atomic E-state index is 12.5. The number of benzene rings is 1. The van der Waals surface area contributed by atoms with Crippen LogP contribution in [0.3, 0.4) is 0 Å². The molecular weight excluding hydrogens is 376 g/mol. The Morgan fingerprint density at radius 1 is 1.27 bits per heavy atom. The quantitative estimate of drug-likeness (QED) is 0.495. The van der Waals surface area contributed by atoms with Gasteiger partial charge in [0.05, 0.1) is 17.3 Å². The van der Waals surface area contributed by atoms with Gasteiger partial charge in [-0.3, -0.25) is 4.79 Å². The van der Waals surface area contributed by atoms with Crippen LogP contribution in [0.15, 0.2) is 34.3 Å². The first-order valence-electron chi connectivity index (χ1n) is 7.89. The van der Waals surface area contributed by atoms with Gasteiger partial charge in [-0.2, -0.15) is 0 Å². The third-order valence-corrected chi connectivity index (χ3v) is 6.23. The zero-order chi connectivity index (χ0) is 19.2. The first-order chi connectivity index (χ1) is 12.3. The summed E-state index contributed by atoms with van der Waals surface area (Å²) in [6, 6.07) is 6.68. The second kappa shape index (κ2) is 9.15. The molecule has 0 aliphatic carbocycles. The topological polar surface area (TPSA) is 103 Å². The van der Waals surface area contributed by atoms with Gasteiger partial charge >= 0.3 is 0 Å². The Balaban J connectivity index is 2.00. The van der Waals surface area contributed by atoms with E-state index in [-0.39, 0.29) is 22.3 Å². The fourth-order valence-electron chi connectivity index (χ4n) is 2.07. The second-order valence-electron chi connectivity index (χ2n) is 5.66. The molecule has 10 heteroatoms. The van der Waals surface area contributed by atoms with Crippen LogP contribution in [-0.4, -0.2) is 55.1 Å². The molecule has 1 aromatic heterocycles. The molecular formula is C16H22N4O4S2. The summed E-state index contributed by atoms with van der Waals surface area (Å²) in [5.74, 6) is 0.0948. The van der Waals surface area contributed by atoms with Gasteiger partial charge in [0.25, 0.3) is 0 Å². The molecule has 2 rings (SSSR count). The number of carbonyl (C=O) groups excluding carboxylic acids is 1. The minimum atomic E-state index is -3.51. The Bertz CT molecular complexity index is 848. The summed E-state index contributed by atoms with van der Waals surface area (Å²) in [5, 5.41) is 11.1. The number of aryl methyl sites for hydroxylation is 1. The minimum absolute atomic E-state index is 0.149.